The van der Waals surface area contributed by atoms with Gasteiger partial charge in [0.05, 0.1) is 18.0 Å². The van der Waals surface area contributed by atoms with Gasteiger partial charge in [-0.15, -0.1) is 0 Å². The lowest BCUT2D eigenvalue weighted by Crippen LogP contribution is -2.16. The molecule has 1 fully saturated rings. The second kappa shape index (κ2) is 8.16. The molecule has 8 heteroatoms. The van der Waals surface area contributed by atoms with Crippen LogP contribution in [0.1, 0.15) is 23.3 Å². The number of hydrogen-bond donors (Lipinski definition) is 1. The Labute approximate surface area is 178 Å². The molecule has 0 bridgehead atoms. The fraction of sp³-hybridized carbons (Fsp3) is 0.217. The van der Waals surface area contributed by atoms with Crippen molar-refractivity contribution in [3.63, 3.8) is 0 Å². The van der Waals surface area contributed by atoms with Crippen LogP contribution >= 0.6 is 0 Å². The zero-order chi connectivity index (χ0) is 21.2. The number of carbonyl (C=O) groups is 1. The van der Waals surface area contributed by atoms with Gasteiger partial charge >= 0.3 is 0 Å². The number of amides is 1. The van der Waals surface area contributed by atoms with E-state index in [-0.39, 0.29) is 11.8 Å². The highest BCUT2D eigenvalue weighted by molar-refractivity contribution is 5.96. The van der Waals surface area contributed by atoms with Gasteiger partial charge in [-0.1, -0.05) is 18.2 Å². The van der Waals surface area contributed by atoms with E-state index in [1.54, 1.807) is 23.0 Å². The van der Waals surface area contributed by atoms with Crippen LogP contribution in [0.3, 0.4) is 0 Å². The highest BCUT2D eigenvalue weighted by Gasteiger charge is 2.16. The highest BCUT2D eigenvalue weighted by atomic mass is 16.5. The van der Waals surface area contributed by atoms with Gasteiger partial charge in [-0.2, -0.15) is 0 Å². The first-order chi connectivity index (χ1) is 15.2. The summed E-state index contributed by atoms with van der Waals surface area (Å²) in [5, 5.41) is 0. The van der Waals surface area contributed by atoms with Crippen LogP contribution in [0.4, 0.5) is 0 Å². The minimum absolute atomic E-state index is 0.144. The SMILES string of the molecule is NC(=O)c1nccn2cc(-c3cccc(-c4cncc(OC[C@H]5CCCO5)c4)c3)nc12. The van der Waals surface area contributed by atoms with Gasteiger partial charge in [0.2, 0.25) is 0 Å². The van der Waals surface area contributed by atoms with E-state index in [0.717, 1.165) is 41.8 Å². The average molecular weight is 415 g/mol. The summed E-state index contributed by atoms with van der Waals surface area (Å²) in [6.45, 7) is 1.34. The van der Waals surface area contributed by atoms with Gasteiger partial charge in [0.15, 0.2) is 11.3 Å². The van der Waals surface area contributed by atoms with E-state index in [4.69, 9.17) is 15.2 Å². The highest BCUT2D eigenvalue weighted by Crippen LogP contribution is 2.28. The Balaban J connectivity index is 1.43. The van der Waals surface area contributed by atoms with E-state index in [1.807, 2.05) is 36.5 Å². The second-order valence-corrected chi connectivity index (χ2v) is 7.43. The van der Waals surface area contributed by atoms with E-state index in [2.05, 4.69) is 15.0 Å². The summed E-state index contributed by atoms with van der Waals surface area (Å²) in [5.41, 5.74) is 9.55. The molecule has 2 N–H and O–H groups in total. The fourth-order valence-corrected chi connectivity index (χ4v) is 3.71. The van der Waals surface area contributed by atoms with E-state index >= 15 is 0 Å². The largest absolute Gasteiger partial charge is 0.489 e. The average Bonchev–Trinajstić information content (AvgIpc) is 3.47. The maximum Gasteiger partial charge on any atom is 0.271 e. The summed E-state index contributed by atoms with van der Waals surface area (Å²) in [4.78, 5) is 24.6. The standard InChI is InChI=1S/C23H21N5O3/c24-22(29)21-23-27-20(13-28(23)7-6-26-21)16-4-1-3-15(9-16)17-10-19(12-25-11-17)31-14-18-5-2-8-30-18/h1,3-4,6-7,9-13,18H,2,5,8,14H2,(H2,24,29)/t18-/m1/s1. The summed E-state index contributed by atoms with van der Waals surface area (Å²) in [5.74, 6) is 0.103. The molecule has 1 aromatic carbocycles. The predicted octanol–water partition coefficient (Wildman–Crippen LogP) is 3.12. The Morgan fingerprint density at radius 3 is 2.97 bits per heavy atom. The Kier molecular flexibility index (Phi) is 5.05. The quantitative estimate of drug-likeness (QED) is 0.519. The molecule has 0 unspecified atom stereocenters. The molecule has 1 saturated heterocycles. The molecule has 156 valence electrons. The van der Waals surface area contributed by atoms with Crippen molar-refractivity contribution >= 4 is 11.6 Å². The second-order valence-electron chi connectivity index (χ2n) is 7.43. The van der Waals surface area contributed by atoms with E-state index in [1.165, 1.54) is 6.20 Å². The number of nitrogens with two attached hydrogens (primary N) is 1. The van der Waals surface area contributed by atoms with Crippen LogP contribution in [0.5, 0.6) is 5.75 Å². The zero-order valence-electron chi connectivity index (χ0n) is 16.8. The summed E-state index contributed by atoms with van der Waals surface area (Å²) in [6, 6.07) is 9.94. The monoisotopic (exact) mass is 415 g/mol. The van der Waals surface area contributed by atoms with Crippen molar-refractivity contribution in [3.05, 3.63) is 67.0 Å². The number of ether oxygens (including phenoxy) is 2. The van der Waals surface area contributed by atoms with Crippen LogP contribution in [0.15, 0.2) is 61.3 Å². The smallest absolute Gasteiger partial charge is 0.271 e. The number of pyridine rings is 1. The molecule has 0 radical (unpaired) electrons. The third-order valence-corrected chi connectivity index (χ3v) is 5.27. The lowest BCUT2D eigenvalue weighted by Gasteiger charge is -2.12. The molecule has 0 aliphatic carbocycles. The van der Waals surface area contributed by atoms with Crippen LogP contribution in [0, 0.1) is 0 Å². The Hall–Kier alpha value is -3.78. The molecule has 8 nitrogen and oxygen atoms in total. The predicted molar refractivity (Wildman–Crippen MR) is 115 cm³/mol. The topological polar surface area (TPSA) is 105 Å². The van der Waals surface area contributed by atoms with Crippen molar-refractivity contribution in [2.24, 2.45) is 5.73 Å². The molecule has 1 amide bonds. The van der Waals surface area contributed by atoms with Crippen molar-refractivity contribution in [1.82, 2.24) is 19.4 Å². The first-order valence-corrected chi connectivity index (χ1v) is 10.1. The van der Waals surface area contributed by atoms with Crippen LogP contribution in [-0.4, -0.2) is 44.6 Å². The molecule has 31 heavy (non-hydrogen) atoms. The Bertz CT molecular complexity index is 1250. The van der Waals surface area contributed by atoms with Crippen molar-refractivity contribution in [3.8, 4) is 28.1 Å². The molecular weight excluding hydrogens is 394 g/mol. The molecular formula is C23H21N5O3. The third-order valence-electron chi connectivity index (χ3n) is 5.27. The molecule has 4 heterocycles. The number of aromatic nitrogens is 4. The zero-order valence-corrected chi connectivity index (χ0v) is 16.8. The summed E-state index contributed by atoms with van der Waals surface area (Å²) in [6.07, 6.45) is 10.9. The third kappa shape index (κ3) is 3.97. The number of rotatable bonds is 6. The lowest BCUT2D eigenvalue weighted by molar-refractivity contribution is 0.0678. The molecule has 3 aromatic heterocycles. The van der Waals surface area contributed by atoms with Crippen LogP contribution in [0.2, 0.25) is 0 Å². The number of carbonyl (C=O) groups excluding carboxylic acids is 1. The molecule has 0 spiro atoms. The number of hydrogen-bond acceptors (Lipinski definition) is 6. The summed E-state index contributed by atoms with van der Waals surface area (Å²) in [7, 11) is 0. The van der Waals surface area contributed by atoms with Gasteiger partial charge in [0, 0.05) is 42.5 Å². The van der Waals surface area contributed by atoms with E-state index in [0.29, 0.717) is 18.0 Å². The number of imidazole rings is 1. The Morgan fingerprint density at radius 1 is 1.23 bits per heavy atom. The molecule has 1 atom stereocenters. The van der Waals surface area contributed by atoms with Crippen molar-refractivity contribution < 1.29 is 14.3 Å². The van der Waals surface area contributed by atoms with Gasteiger partial charge in [0.25, 0.3) is 5.91 Å². The van der Waals surface area contributed by atoms with Crippen LogP contribution < -0.4 is 10.5 Å². The summed E-state index contributed by atoms with van der Waals surface area (Å²) < 4.78 is 13.2. The number of benzene rings is 1. The molecule has 4 aromatic rings. The molecule has 5 rings (SSSR count). The molecule has 0 saturated carbocycles. The van der Waals surface area contributed by atoms with E-state index in [9.17, 15) is 4.79 Å². The van der Waals surface area contributed by atoms with Gasteiger partial charge in [-0.25, -0.2) is 9.97 Å². The molecule has 1 aliphatic heterocycles. The van der Waals surface area contributed by atoms with Crippen LogP contribution in [0.25, 0.3) is 28.0 Å². The van der Waals surface area contributed by atoms with E-state index < -0.39 is 5.91 Å². The lowest BCUT2D eigenvalue weighted by atomic mass is 10.0. The first kappa shape index (κ1) is 19.2. The maximum absolute atomic E-state index is 11.6. The normalized spacial score (nSPS) is 15.9. The van der Waals surface area contributed by atoms with Crippen molar-refractivity contribution in [1.29, 1.82) is 0 Å². The maximum atomic E-state index is 11.6. The minimum atomic E-state index is -0.609. The Morgan fingerprint density at radius 2 is 2.13 bits per heavy atom. The first-order valence-electron chi connectivity index (χ1n) is 10.1. The van der Waals surface area contributed by atoms with Gasteiger partial charge in [0.1, 0.15) is 12.4 Å². The minimum Gasteiger partial charge on any atom is -0.489 e. The fourth-order valence-electron chi connectivity index (χ4n) is 3.71. The molecule has 1 aliphatic rings. The number of nitrogens with zero attached hydrogens (tertiary/aromatic N) is 4. The van der Waals surface area contributed by atoms with Gasteiger partial charge in [-0.3, -0.25) is 9.78 Å². The van der Waals surface area contributed by atoms with Gasteiger partial charge < -0.3 is 19.6 Å². The van der Waals surface area contributed by atoms with Crippen molar-refractivity contribution in [2.45, 2.75) is 18.9 Å². The van der Waals surface area contributed by atoms with Crippen molar-refractivity contribution in [2.75, 3.05) is 13.2 Å². The summed E-state index contributed by atoms with van der Waals surface area (Å²) >= 11 is 0. The number of primary amides is 1. The van der Waals surface area contributed by atoms with Crippen LogP contribution in [-0.2, 0) is 4.74 Å². The van der Waals surface area contributed by atoms with Gasteiger partial charge in [-0.05, 0) is 30.5 Å². The number of fused-ring (bicyclic) bond motifs is 1.